The molecule has 2 aromatic carbocycles. The van der Waals surface area contributed by atoms with Crippen LogP contribution in [0.25, 0.3) is 11.1 Å². The maximum atomic E-state index is 6.27. The molecule has 0 fully saturated rings. The van der Waals surface area contributed by atoms with Crippen molar-refractivity contribution in [2.75, 3.05) is 27.4 Å². The third-order valence-corrected chi connectivity index (χ3v) is 6.41. The minimum absolute atomic E-state index is 0.593. The molecule has 6 heteroatoms. The Labute approximate surface area is 218 Å². The van der Waals surface area contributed by atoms with Crippen molar-refractivity contribution in [2.45, 2.75) is 90.9 Å². The number of benzene rings is 2. The van der Waals surface area contributed by atoms with Gasteiger partial charge >= 0.3 is 0 Å². The summed E-state index contributed by atoms with van der Waals surface area (Å²) in [5.74, 6) is 2.82. The Hall–Kier alpha value is -2.76. The Bertz CT molecular complexity index is 901. The Balaban J connectivity index is 2.22. The van der Waals surface area contributed by atoms with Gasteiger partial charge in [-0.3, -0.25) is 0 Å². The molecular weight excluding hydrogens is 452 g/mol. The summed E-state index contributed by atoms with van der Waals surface area (Å²) < 4.78 is 23.5. The Morgan fingerprint density at radius 2 is 1.19 bits per heavy atom. The van der Waals surface area contributed by atoms with E-state index >= 15 is 0 Å². The first-order valence-corrected chi connectivity index (χ1v) is 13.7. The monoisotopic (exact) mass is 499 g/mol. The second-order valence-electron chi connectivity index (χ2n) is 9.24. The van der Waals surface area contributed by atoms with Crippen molar-refractivity contribution >= 4 is 5.69 Å². The van der Waals surface area contributed by atoms with Gasteiger partial charge in [0.1, 0.15) is 17.2 Å². The highest BCUT2D eigenvalue weighted by molar-refractivity contribution is 5.80. The number of ether oxygens (including phenoxy) is 4. The normalized spacial score (nSPS) is 10.8. The van der Waals surface area contributed by atoms with Crippen molar-refractivity contribution in [1.82, 2.24) is 0 Å². The van der Waals surface area contributed by atoms with Crippen LogP contribution in [0.5, 0.6) is 23.0 Å². The summed E-state index contributed by atoms with van der Waals surface area (Å²) in [6.45, 7) is 5.74. The average molecular weight is 500 g/mol. The molecule has 2 rings (SSSR count). The number of nitrogens with two attached hydrogens (primary N) is 1. The van der Waals surface area contributed by atoms with Crippen molar-refractivity contribution < 1.29 is 24.5 Å². The van der Waals surface area contributed by atoms with Gasteiger partial charge in [0.15, 0.2) is 11.4 Å². The third kappa shape index (κ3) is 9.71. The number of rotatable bonds is 20. The fraction of sp³-hybridized carbons (Fsp3) is 0.600. The van der Waals surface area contributed by atoms with Crippen molar-refractivity contribution in [3.05, 3.63) is 30.3 Å². The van der Waals surface area contributed by atoms with E-state index in [4.69, 9.17) is 24.5 Å². The van der Waals surface area contributed by atoms with Crippen LogP contribution >= 0.6 is 0 Å². The van der Waals surface area contributed by atoms with Gasteiger partial charge in [0, 0.05) is 23.3 Å². The van der Waals surface area contributed by atoms with E-state index in [1.165, 1.54) is 51.4 Å². The van der Waals surface area contributed by atoms with E-state index < -0.39 is 0 Å². The average Bonchev–Trinajstić information content (AvgIpc) is 2.91. The summed E-state index contributed by atoms with van der Waals surface area (Å²) in [7, 11) is 3.31. The predicted molar refractivity (Wildman–Crippen MR) is 147 cm³/mol. The SMILES string of the molecule is CCCCCCCCOc1cc(-c2ccc(OC)cc2OC)c(OCCCCCCCC)cc1N=[NH2+]. The molecule has 0 aliphatic heterocycles. The van der Waals surface area contributed by atoms with Gasteiger partial charge in [0.2, 0.25) is 0 Å². The van der Waals surface area contributed by atoms with Gasteiger partial charge in [-0.05, 0) is 36.2 Å². The van der Waals surface area contributed by atoms with E-state index in [2.05, 4.69) is 19.0 Å². The van der Waals surface area contributed by atoms with Crippen LogP contribution in [-0.4, -0.2) is 27.4 Å². The first-order chi connectivity index (χ1) is 17.7. The minimum atomic E-state index is 0.593. The lowest BCUT2D eigenvalue weighted by atomic mass is 10.0. The summed E-state index contributed by atoms with van der Waals surface area (Å²) in [4.78, 5) is 0. The molecule has 0 saturated carbocycles. The Kier molecular flexibility index (Phi) is 14.4. The molecule has 0 unspecified atom stereocenters. The molecule has 200 valence electrons. The van der Waals surface area contributed by atoms with E-state index in [1.807, 2.05) is 30.3 Å². The first kappa shape index (κ1) is 29.5. The molecule has 2 aromatic rings. The van der Waals surface area contributed by atoms with Crippen molar-refractivity contribution in [3.63, 3.8) is 0 Å². The summed E-state index contributed by atoms with van der Waals surface area (Å²) in [6.07, 6.45) is 14.5. The van der Waals surface area contributed by atoms with Crippen molar-refractivity contribution in [2.24, 2.45) is 5.11 Å². The third-order valence-electron chi connectivity index (χ3n) is 6.41. The number of hydrogen-bond acceptors (Lipinski definition) is 5. The highest BCUT2D eigenvalue weighted by Crippen LogP contribution is 2.44. The van der Waals surface area contributed by atoms with E-state index in [9.17, 15) is 0 Å². The first-order valence-electron chi connectivity index (χ1n) is 13.7. The highest BCUT2D eigenvalue weighted by atomic mass is 16.5. The van der Waals surface area contributed by atoms with Gasteiger partial charge in [-0.1, -0.05) is 78.1 Å². The zero-order valence-electron chi connectivity index (χ0n) is 22.9. The van der Waals surface area contributed by atoms with Crippen molar-refractivity contribution in [3.8, 4) is 34.1 Å². The quantitative estimate of drug-likeness (QED) is 0.150. The lowest BCUT2D eigenvalue weighted by Gasteiger charge is -2.17. The Morgan fingerprint density at radius 3 is 1.75 bits per heavy atom. The van der Waals surface area contributed by atoms with E-state index in [-0.39, 0.29) is 0 Å². The highest BCUT2D eigenvalue weighted by Gasteiger charge is 2.18. The molecule has 6 nitrogen and oxygen atoms in total. The molecular formula is C30H47N2O4+. The topological polar surface area (TPSA) is 74.9 Å². The second-order valence-corrected chi connectivity index (χ2v) is 9.24. The van der Waals surface area contributed by atoms with Gasteiger partial charge < -0.3 is 18.9 Å². The molecule has 0 aliphatic rings. The zero-order chi connectivity index (χ0) is 26.0. The number of unbranched alkanes of at least 4 members (excludes halogenated alkanes) is 10. The largest absolute Gasteiger partial charge is 0.497 e. The maximum absolute atomic E-state index is 6.27. The van der Waals surface area contributed by atoms with E-state index in [0.29, 0.717) is 30.4 Å². The molecule has 0 spiro atoms. The lowest BCUT2D eigenvalue weighted by Crippen LogP contribution is -2.22. The van der Waals surface area contributed by atoms with Crippen LogP contribution in [0.1, 0.15) is 90.9 Å². The number of methoxy groups -OCH3 is 2. The summed E-state index contributed by atoms with van der Waals surface area (Å²) in [6, 6.07) is 9.65. The van der Waals surface area contributed by atoms with E-state index in [1.54, 1.807) is 14.2 Å². The predicted octanol–water partition coefficient (Wildman–Crippen LogP) is 7.69. The van der Waals surface area contributed by atoms with Gasteiger partial charge in [0.05, 0.1) is 27.4 Å². The van der Waals surface area contributed by atoms with Crippen LogP contribution in [0.4, 0.5) is 5.69 Å². The van der Waals surface area contributed by atoms with Crippen LogP contribution in [0.15, 0.2) is 35.4 Å². The minimum Gasteiger partial charge on any atom is -0.497 e. The van der Waals surface area contributed by atoms with E-state index in [0.717, 1.165) is 48.3 Å². The van der Waals surface area contributed by atoms with Crippen LogP contribution in [0.2, 0.25) is 0 Å². The van der Waals surface area contributed by atoms with Crippen LogP contribution in [0.3, 0.4) is 0 Å². The second kappa shape index (κ2) is 17.6. The van der Waals surface area contributed by atoms with Gasteiger partial charge in [-0.25, -0.2) is 0 Å². The standard InChI is InChI=1S/C30H46N2O4/c1-5-7-9-11-13-15-19-35-29-23-27(32-31)30(36-20-16-14-12-10-8-6-2)22-26(29)25-18-17-24(33-3)21-28(25)34-4/h17-18,21-23,31H,5-16,19-20H2,1-4H3/p+1. The molecule has 0 aromatic heterocycles. The summed E-state index contributed by atoms with van der Waals surface area (Å²) >= 11 is 0. The van der Waals surface area contributed by atoms with Crippen LogP contribution in [-0.2, 0) is 0 Å². The van der Waals surface area contributed by atoms with Gasteiger partial charge in [0.25, 0.3) is 0 Å². The molecule has 0 bridgehead atoms. The lowest BCUT2D eigenvalue weighted by molar-refractivity contribution is -0.210. The maximum Gasteiger partial charge on any atom is 0.175 e. The fourth-order valence-corrected chi connectivity index (χ4v) is 4.25. The molecule has 0 radical (unpaired) electrons. The fourth-order valence-electron chi connectivity index (χ4n) is 4.25. The smallest absolute Gasteiger partial charge is 0.175 e. The number of hydrogen-bond donors (Lipinski definition) is 1. The summed E-state index contributed by atoms with van der Waals surface area (Å²) in [5, 5.41) is 4.00. The van der Waals surface area contributed by atoms with Gasteiger partial charge in [-0.15, -0.1) is 0 Å². The molecule has 36 heavy (non-hydrogen) atoms. The van der Waals surface area contributed by atoms with Gasteiger partial charge in [-0.2, -0.15) is 5.53 Å². The van der Waals surface area contributed by atoms with Crippen LogP contribution in [0, 0.1) is 0 Å². The zero-order valence-corrected chi connectivity index (χ0v) is 22.9. The van der Waals surface area contributed by atoms with Crippen molar-refractivity contribution in [1.29, 1.82) is 0 Å². The molecule has 0 amide bonds. The molecule has 2 N–H and O–H groups in total. The van der Waals surface area contributed by atoms with Crippen LogP contribution < -0.4 is 24.5 Å². The Morgan fingerprint density at radius 1 is 0.611 bits per heavy atom. The molecule has 0 heterocycles. The summed E-state index contributed by atoms with van der Waals surface area (Å²) in [5.41, 5.74) is 8.15. The molecule has 0 aliphatic carbocycles. The number of nitrogens with zero attached hydrogens (tertiary/aromatic N) is 1. The molecule has 0 saturated heterocycles. The molecule has 0 atom stereocenters.